The van der Waals surface area contributed by atoms with E-state index >= 15 is 0 Å². The molecule has 1 heteroatoms. The summed E-state index contributed by atoms with van der Waals surface area (Å²) in [5.41, 5.74) is 5.66. The van der Waals surface area contributed by atoms with Crippen LogP contribution in [0.5, 0.6) is 0 Å². The highest BCUT2D eigenvalue weighted by molar-refractivity contribution is 5.31. The number of hydrogen-bond donors (Lipinski definition) is 0. The van der Waals surface area contributed by atoms with Gasteiger partial charge in [0.1, 0.15) is 5.82 Å². The molecule has 0 aliphatic carbocycles. The van der Waals surface area contributed by atoms with E-state index in [0.717, 1.165) is 24.0 Å². The van der Waals surface area contributed by atoms with Crippen molar-refractivity contribution in [2.24, 2.45) is 0 Å². The van der Waals surface area contributed by atoms with E-state index in [0.29, 0.717) is 0 Å². The lowest BCUT2D eigenvalue weighted by Gasteiger charge is -2.07. The highest BCUT2D eigenvalue weighted by atomic mass is 19.1. The first-order valence-electron chi connectivity index (χ1n) is 6.37. The summed E-state index contributed by atoms with van der Waals surface area (Å²) in [6.07, 6.45) is 1.65. The van der Waals surface area contributed by atoms with Crippen LogP contribution >= 0.6 is 0 Å². The highest BCUT2D eigenvalue weighted by Crippen LogP contribution is 2.15. The molecule has 0 aliphatic heterocycles. The molecular formula is C17H19F. The summed E-state index contributed by atoms with van der Waals surface area (Å²) in [6, 6.07) is 11.9. The van der Waals surface area contributed by atoms with Crippen molar-refractivity contribution in [1.82, 2.24) is 0 Å². The Labute approximate surface area is 108 Å². The Hall–Kier alpha value is -1.63. The van der Waals surface area contributed by atoms with Crippen molar-refractivity contribution in [2.45, 2.75) is 33.6 Å². The van der Waals surface area contributed by atoms with E-state index in [1.807, 2.05) is 19.1 Å². The first-order chi connectivity index (χ1) is 8.56. The molecule has 2 aromatic rings. The molecule has 0 nitrogen and oxygen atoms in total. The molecule has 0 heterocycles. The molecule has 0 aromatic heterocycles. The Morgan fingerprint density at radius 2 is 1.61 bits per heavy atom. The van der Waals surface area contributed by atoms with Crippen LogP contribution < -0.4 is 0 Å². The maximum absolute atomic E-state index is 13.7. The average molecular weight is 242 g/mol. The SMILES string of the molecule is Cc1ccc(CCc2ccc(C)c(C)c2)c(F)c1. The van der Waals surface area contributed by atoms with Gasteiger partial charge in [-0.15, -0.1) is 0 Å². The molecule has 0 aliphatic rings. The fraction of sp³-hybridized carbons (Fsp3) is 0.294. The van der Waals surface area contributed by atoms with Crippen LogP contribution in [0.4, 0.5) is 4.39 Å². The largest absolute Gasteiger partial charge is 0.207 e. The third kappa shape index (κ3) is 2.98. The summed E-state index contributed by atoms with van der Waals surface area (Å²) in [6.45, 7) is 6.14. The molecule has 0 saturated carbocycles. The predicted octanol–water partition coefficient (Wildman–Crippen LogP) is 4.54. The molecule has 94 valence electrons. The van der Waals surface area contributed by atoms with Crippen LogP contribution in [0.15, 0.2) is 36.4 Å². The lowest BCUT2D eigenvalue weighted by atomic mass is 10.00. The van der Waals surface area contributed by atoms with E-state index in [1.54, 1.807) is 6.07 Å². The fourth-order valence-corrected chi connectivity index (χ4v) is 2.09. The average Bonchev–Trinajstić information content (AvgIpc) is 2.32. The number of benzene rings is 2. The van der Waals surface area contributed by atoms with Crippen molar-refractivity contribution >= 4 is 0 Å². The van der Waals surface area contributed by atoms with Crippen LogP contribution in [0.3, 0.4) is 0 Å². The van der Waals surface area contributed by atoms with Crippen molar-refractivity contribution in [3.05, 3.63) is 70.0 Å². The van der Waals surface area contributed by atoms with Crippen LogP contribution in [-0.4, -0.2) is 0 Å². The molecule has 0 spiro atoms. The molecule has 0 saturated heterocycles. The van der Waals surface area contributed by atoms with E-state index in [2.05, 4.69) is 32.0 Å². The Morgan fingerprint density at radius 1 is 0.833 bits per heavy atom. The Kier molecular flexibility index (Phi) is 3.81. The first kappa shape index (κ1) is 12.8. The van der Waals surface area contributed by atoms with Crippen molar-refractivity contribution in [1.29, 1.82) is 0 Å². The molecule has 0 radical (unpaired) electrons. The highest BCUT2D eigenvalue weighted by Gasteiger charge is 2.03. The van der Waals surface area contributed by atoms with Gasteiger partial charge < -0.3 is 0 Å². The third-order valence-electron chi connectivity index (χ3n) is 3.46. The molecule has 0 N–H and O–H groups in total. The summed E-state index contributed by atoms with van der Waals surface area (Å²) in [5.74, 6) is -0.0844. The Balaban J connectivity index is 2.09. The zero-order chi connectivity index (χ0) is 13.1. The van der Waals surface area contributed by atoms with Gasteiger partial charge in [0.25, 0.3) is 0 Å². The number of rotatable bonds is 3. The number of halogens is 1. The molecular weight excluding hydrogens is 223 g/mol. The summed E-state index contributed by atoms with van der Waals surface area (Å²) in [4.78, 5) is 0. The lowest BCUT2D eigenvalue weighted by molar-refractivity contribution is 0.607. The summed E-state index contributed by atoms with van der Waals surface area (Å²) >= 11 is 0. The monoisotopic (exact) mass is 242 g/mol. The van der Waals surface area contributed by atoms with Crippen LogP contribution in [0.1, 0.15) is 27.8 Å². The molecule has 18 heavy (non-hydrogen) atoms. The van der Waals surface area contributed by atoms with Crippen LogP contribution in [0.2, 0.25) is 0 Å². The summed E-state index contributed by atoms with van der Waals surface area (Å²) in [5, 5.41) is 0. The van der Waals surface area contributed by atoms with Crippen molar-refractivity contribution in [3.63, 3.8) is 0 Å². The Bertz CT molecular complexity index is 556. The van der Waals surface area contributed by atoms with Gasteiger partial charge in [0.2, 0.25) is 0 Å². The van der Waals surface area contributed by atoms with Crippen molar-refractivity contribution < 1.29 is 4.39 Å². The summed E-state index contributed by atoms with van der Waals surface area (Å²) < 4.78 is 13.7. The molecule has 2 aromatic carbocycles. The molecule has 0 unspecified atom stereocenters. The second-order valence-corrected chi connectivity index (χ2v) is 5.01. The maximum atomic E-state index is 13.7. The van der Waals surface area contributed by atoms with E-state index in [1.165, 1.54) is 16.7 Å². The smallest absolute Gasteiger partial charge is 0.126 e. The molecule has 0 amide bonds. The topological polar surface area (TPSA) is 0 Å². The molecule has 0 bridgehead atoms. The fourth-order valence-electron chi connectivity index (χ4n) is 2.09. The third-order valence-corrected chi connectivity index (χ3v) is 3.46. The predicted molar refractivity (Wildman–Crippen MR) is 74.5 cm³/mol. The Morgan fingerprint density at radius 3 is 2.28 bits per heavy atom. The standard InChI is InChI=1S/C17H19F/c1-12-4-8-16(17(18)10-12)9-7-15-6-5-13(2)14(3)11-15/h4-6,8,10-11H,7,9H2,1-3H3. The van der Waals surface area contributed by atoms with Crippen molar-refractivity contribution in [3.8, 4) is 0 Å². The van der Waals surface area contributed by atoms with Crippen LogP contribution in [-0.2, 0) is 12.8 Å². The molecule has 0 fully saturated rings. The van der Waals surface area contributed by atoms with Gasteiger partial charge in [-0.25, -0.2) is 4.39 Å². The minimum atomic E-state index is -0.0844. The van der Waals surface area contributed by atoms with Gasteiger partial charge >= 0.3 is 0 Å². The molecule has 2 rings (SSSR count). The number of aryl methyl sites for hydroxylation is 5. The quantitative estimate of drug-likeness (QED) is 0.741. The van der Waals surface area contributed by atoms with E-state index in [9.17, 15) is 4.39 Å². The van der Waals surface area contributed by atoms with Gasteiger partial charge in [0, 0.05) is 0 Å². The minimum absolute atomic E-state index is 0.0844. The van der Waals surface area contributed by atoms with Gasteiger partial charge in [-0.1, -0.05) is 30.3 Å². The minimum Gasteiger partial charge on any atom is -0.207 e. The zero-order valence-corrected chi connectivity index (χ0v) is 11.3. The van der Waals surface area contributed by atoms with Gasteiger partial charge in [-0.2, -0.15) is 0 Å². The second kappa shape index (κ2) is 5.34. The van der Waals surface area contributed by atoms with Gasteiger partial charge in [0.15, 0.2) is 0 Å². The summed E-state index contributed by atoms with van der Waals surface area (Å²) in [7, 11) is 0. The van der Waals surface area contributed by atoms with Gasteiger partial charge in [-0.3, -0.25) is 0 Å². The number of hydrogen-bond acceptors (Lipinski definition) is 0. The normalized spacial score (nSPS) is 10.7. The van der Waals surface area contributed by atoms with Crippen LogP contribution in [0.25, 0.3) is 0 Å². The van der Waals surface area contributed by atoms with Crippen molar-refractivity contribution in [2.75, 3.05) is 0 Å². The first-order valence-corrected chi connectivity index (χ1v) is 6.37. The maximum Gasteiger partial charge on any atom is 0.126 e. The van der Waals surface area contributed by atoms with Gasteiger partial charge in [-0.05, 0) is 67.5 Å². The van der Waals surface area contributed by atoms with E-state index < -0.39 is 0 Å². The van der Waals surface area contributed by atoms with Gasteiger partial charge in [0.05, 0.1) is 0 Å². The molecule has 0 atom stereocenters. The second-order valence-electron chi connectivity index (χ2n) is 5.01. The van der Waals surface area contributed by atoms with Crippen LogP contribution in [0, 0.1) is 26.6 Å². The lowest BCUT2D eigenvalue weighted by Crippen LogP contribution is -1.96. The zero-order valence-electron chi connectivity index (χ0n) is 11.3. The van der Waals surface area contributed by atoms with E-state index in [-0.39, 0.29) is 5.82 Å². The van der Waals surface area contributed by atoms with E-state index in [4.69, 9.17) is 0 Å².